The Morgan fingerprint density at radius 2 is 1.72 bits per heavy atom. The van der Waals surface area contributed by atoms with Gasteiger partial charge in [-0.25, -0.2) is 9.59 Å². The molecule has 0 saturated carbocycles. The van der Waals surface area contributed by atoms with Gasteiger partial charge in [0.25, 0.3) is 5.91 Å². The van der Waals surface area contributed by atoms with Crippen molar-refractivity contribution in [3.63, 3.8) is 0 Å². The highest BCUT2D eigenvalue weighted by Gasteiger charge is 2.22. The summed E-state index contributed by atoms with van der Waals surface area (Å²) in [5.41, 5.74) is 1.46. The molecule has 8 nitrogen and oxygen atoms in total. The van der Waals surface area contributed by atoms with Crippen LogP contribution in [0.4, 0.5) is 5.69 Å². The lowest BCUT2D eigenvalue weighted by Gasteiger charge is -2.16. The lowest BCUT2D eigenvalue weighted by Crippen LogP contribution is -2.44. The maximum atomic E-state index is 12.2. The monoisotopic (exact) mass is 398 g/mol. The lowest BCUT2D eigenvalue weighted by atomic mass is 10.1. The van der Waals surface area contributed by atoms with Crippen LogP contribution in [0.5, 0.6) is 0 Å². The number of amides is 2. The Hall–Kier alpha value is -3.68. The molecule has 0 radical (unpaired) electrons. The van der Waals surface area contributed by atoms with Crippen molar-refractivity contribution in [3.05, 3.63) is 65.7 Å². The molecule has 0 unspecified atom stereocenters. The Kier molecular flexibility index (Phi) is 7.90. The van der Waals surface area contributed by atoms with E-state index in [1.165, 1.54) is 26.2 Å². The molecule has 1 atom stereocenters. The number of esters is 2. The zero-order valence-corrected chi connectivity index (χ0v) is 16.1. The second-order valence-corrected chi connectivity index (χ2v) is 6.17. The van der Waals surface area contributed by atoms with E-state index in [0.717, 1.165) is 5.56 Å². The predicted molar refractivity (Wildman–Crippen MR) is 105 cm³/mol. The van der Waals surface area contributed by atoms with Crippen LogP contribution in [0, 0.1) is 0 Å². The van der Waals surface area contributed by atoms with E-state index in [1.54, 1.807) is 12.1 Å². The highest BCUT2D eigenvalue weighted by molar-refractivity contribution is 5.95. The van der Waals surface area contributed by atoms with Gasteiger partial charge in [0.2, 0.25) is 5.91 Å². The number of carbonyl (C=O) groups is 4. The summed E-state index contributed by atoms with van der Waals surface area (Å²) in [5, 5.41) is 5.07. The van der Waals surface area contributed by atoms with Crippen LogP contribution in [-0.4, -0.2) is 43.5 Å². The van der Waals surface area contributed by atoms with Crippen molar-refractivity contribution in [2.24, 2.45) is 0 Å². The van der Waals surface area contributed by atoms with Gasteiger partial charge in [0, 0.05) is 19.0 Å². The van der Waals surface area contributed by atoms with Gasteiger partial charge in [-0.1, -0.05) is 36.4 Å². The zero-order valence-electron chi connectivity index (χ0n) is 16.1. The van der Waals surface area contributed by atoms with E-state index in [2.05, 4.69) is 10.6 Å². The van der Waals surface area contributed by atoms with Crippen LogP contribution < -0.4 is 10.6 Å². The normalized spacial score (nSPS) is 11.1. The van der Waals surface area contributed by atoms with E-state index in [9.17, 15) is 19.2 Å². The van der Waals surface area contributed by atoms with Crippen molar-refractivity contribution in [1.82, 2.24) is 5.32 Å². The summed E-state index contributed by atoms with van der Waals surface area (Å²) in [7, 11) is 1.23. The molecule has 2 rings (SSSR count). The van der Waals surface area contributed by atoms with Gasteiger partial charge in [0.1, 0.15) is 6.04 Å². The number of nitrogens with one attached hydrogen (secondary N) is 2. The van der Waals surface area contributed by atoms with E-state index in [-0.39, 0.29) is 17.9 Å². The van der Waals surface area contributed by atoms with Gasteiger partial charge in [0.05, 0.1) is 12.7 Å². The third-order valence-electron chi connectivity index (χ3n) is 3.86. The number of hydrogen-bond donors (Lipinski definition) is 2. The predicted octanol–water partition coefficient (Wildman–Crippen LogP) is 1.70. The molecule has 0 aliphatic heterocycles. The average molecular weight is 398 g/mol. The van der Waals surface area contributed by atoms with Crippen LogP contribution in [0.25, 0.3) is 0 Å². The van der Waals surface area contributed by atoms with Gasteiger partial charge in [-0.3, -0.25) is 9.59 Å². The fourth-order valence-corrected chi connectivity index (χ4v) is 2.56. The van der Waals surface area contributed by atoms with Gasteiger partial charge in [-0.05, 0) is 23.8 Å². The van der Waals surface area contributed by atoms with Gasteiger partial charge in [-0.2, -0.15) is 0 Å². The van der Waals surface area contributed by atoms with Crippen molar-refractivity contribution in [2.45, 2.75) is 19.4 Å². The minimum Gasteiger partial charge on any atom is -0.467 e. The molecule has 29 heavy (non-hydrogen) atoms. The molecular weight excluding hydrogens is 376 g/mol. The van der Waals surface area contributed by atoms with Crippen LogP contribution >= 0.6 is 0 Å². The number of benzene rings is 2. The maximum absolute atomic E-state index is 12.2. The first-order chi connectivity index (χ1) is 13.9. The molecule has 2 N–H and O–H groups in total. The van der Waals surface area contributed by atoms with Crippen LogP contribution in [0.15, 0.2) is 54.6 Å². The molecule has 2 amide bonds. The first kappa shape index (κ1) is 21.6. The average Bonchev–Trinajstić information content (AvgIpc) is 2.71. The summed E-state index contributed by atoms with van der Waals surface area (Å²) >= 11 is 0. The Labute approximate surface area is 168 Å². The van der Waals surface area contributed by atoms with E-state index >= 15 is 0 Å². The van der Waals surface area contributed by atoms with Crippen molar-refractivity contribution in [3.8, 4) is 0 Å². The third kappa shape index (κ3) is 7.10. The largest absolute Gasteiger partial charge is 0.467 e. The smallest absolute Gasteiger partial charge is 0.338 e. The van der Waals surface area contributed by atoms with Gasteiger partial charge < -0.3 is 20.1 Å². The molecule has 0 aliphatic rings. The quantitative estimate of drug-likeness (QED) is 0.655. The lowest BCUT2D eigenvalue weighted by molar-refractivity contribution is -0.145. The molecule has 0 fully saturated rings. The minimum atomic E-state index is -0.906. The summed E-state index contributed by atoms with van der Waals surface area (Å²) in [6, 6.07) is 14.4. The molecule has 0 saturated heterocycles. The van der Waals surface area contributed by atoms with Crippen molar-refractivity contribution in [1.29, 1.82) is 0 Å². The number of carbonyl (C=O) groups excluding carboxylic acids is 4. The molecule has 0 aliphatic carbocycles. The van der Waals surface area contributed by atoms with Crippen molar-refractivity contribution in [2.75, 3.05) is 19.0 Å². The van der Waals surface area contributed by atoms with E-state index < -0.39 is 30.5 Å². The molecule has 152 valence electrons. The van der Waals surface area contributed by atoms with Crippen LogP contribution in [0.1, 0.15) is 22.8 Å². The standard InChI is InChI=1S/C21H22N2O6/c1-14(24)22-17-10-6-9-16(12-17)20(26)29-13-19(25)23-18(21(27)28-2)11-15-7-4-3-5-8-15/h3-10,12,18H,11,13H2,1-2H3,(H,22,24)(H,23,25)/t18-/m1/s1. The molecule has 0 aromatic heterocycles. The Morgan fingerprint density at radius 3 is 2.38 bits per heavy atom. The number of methoxy groups -OCH3 is 1. The van der Waals surface area contributed by atoms with Gasteiger partial charge >= 0.3 is 11.9 Å². The molecule has 0 bridgehead atoms. The summed E-state index contributed by atoms with van der Waals surface area (Å²) in [5.74, 6) is -2.24. The van der Waals surface area contributed by atoms with Crippen molar-refractivity contribution < 1.29 is 28.7 Å². The van der Waals surface area contributed by atoms with Crippen LogP contribution in [0.3, 0.4) is 0 Å². The summed E-state index contributed by atoms with van der Waals surface area (Å²) < 4.78 is 9.73. The van der Waals surface area contributed by atoms with E-state index in [4.69, 9.17) is 9.47 Å². The molecular formula is C21H22N2O6. The zero-order chi connectivity index (χ0) is 21.2. The molecule has 2 aromatic rings. The van der Waals surface area contributed by atoms with Gasteiger partial charge in [-0.15, -0.1) is 0 Å². The highest BCUT2D eigenvalue weighted by Crippen LogP contribution is 2.12. The Balaban J connectivity index is 1.93. The van der Waals surface area contributed by atoms with Crippen LogP contribution in [-0.2, 0) is 30.3 Å². The van der Waals surface area contributed by atoms with Gasteiger partial charge in [0.15, 0.2) is 6.61 Å². The molecule has 2 aromatic carbocycles. The number of rotatable bonds is 8. The van der Waals surface area contributed by atoms with Crippen LogP contribution in [0.2, 0.25) is 0 Å². The fraction of sp³-hybridized carbons (Fsp3) is 0.238. The Bertz CT molecular complexity index is 882. The number of anilines is 1. The first-order valence-corrected chi connectivity index (χ1v) is 8.85. The third-order valence-corrected chi connectivity index (χ3v) is 3.86. The summed E-state index contributed by atoms with van der Waals surface area (Å²) in [6.45, 7) is 0.786. The maximum Gasteiger partial charge on any atom is 0.338 e. The molecule has 0 spiro atoms. The van der Waals surface area contributed by atoms with E-state index in [1.807, 2.05) is 30.3 Å². The second kappa shape index (κ2) is 10.6. The summed E-state index contributed by atoms with van der Waals surface area (Å²) in [6.07, 6.45) is 0.242. The number of hydrogen-bond acceptors (Lipinski definition) is 6. The highest BCUT2D eigenvalue weighted by atomic mass is 16.5. The molecule has 0 heterocycles. The summed E-state index contributed by atoms with van der Waals surface area (Å²) in [4.78, 5) is 47.4. The first-order valence-electron chi connectivity index (χ1n) is 8.85. The minimum absolute atomic E-state index is 0.179. The Morgan fingerprint density at radius 1 is 1.00 bits per heavy atom. The number of ether oxygens (including phenoxy) is 2. The molecule has 8 heteroatoms. The fourth-order valence-electron chi connectivity index (χ4n) is 2.56. The van der Waals surface area contributed by atoms with E-state index in [0.29, 0.717) is 5.69 Å². The van der Waals surface area contributed by atoms with Crippen molar-refractivity contribution >= 4 is 29.4 Å². The SMILES string of the molecule is COC(=O)[C@@H](Cc1ccccc1)NC(=O)COC(=O)c1cccc(NC(C)=O)c1. The second-order valence-electron chi connectivity index (χ2n) is 6.17. The topological polar surface area (TPSA) is 111 Å².